The van der Waals surface area contributed by atoms with Crippen LogP contribution in [0.3, 0.4) is 0 Å². The maximum atomic E-state index is 11.4. The third-order valence-corrected chi connectivity index (χ3v) is 2.59. The number of nitrogens with one attached hydrogen (secondary N) is 2. The fourth-order valence-electron chi connectivity index (χ4n) is 1.59. The molecule has 0 saturated heterocycles. The molecule has 76 valence electrons. The van der Waals surface area contributed by atoms with Gasteiger partial charge in [-0.25, -0.2) is 0 Å². The van der Waals surface area contributed by atoms with E-state index >= 15 is 0 Å². The van der Waals surface area contributed by atoms with E-state index in [1.165, 1.54) is 0 Å². The minimum absolute atomic E-state index is 0.0319. The van der Waals surface area contributed by atoms with Crippen molar-refractivity contribution in [3.05, 3.63) is 0 Å². The van der Waals surface area contributed by atoms with E-state index in [1.54, 1.807) is 0 Å². The first-order chi connectivity index (χ1) is 6.20. The summed E-state index contributed by atoms with van der Waals surface area (Å²) in [6.45, 7) is 1.01. The molecular weight excluding hydrogens is 168 g/mol. The van der Waals surface area contributed by atoms with E-state index in [2.05, 4.69) is 10.6 Å². The smallest absolute Gasteiger partial charge is 0.224 e. The van der Waals surface area contributed by atoms with Crippen molar-refractivity contribution in [2.45, 2.75) is 18.5 Å². The highest BCUT2D eigenvalue weighted by Gasteiger charge is 2.41. The molecule has 6 N–H and O–H groups in total. The van der Waals surface area contributed by atoms with Crippen LogP contribution in [0, 0.1) is 5.92 Å². The lowest BCUT2D eigenvalue weighted by Gasteiger charge is -2.41. The van der Waals surface area contributed by atoms with Gasteiger partial charge >= 0.3 is 0 Å². The van der Waals surface area contributed by atoms with Crippen molar-refractivity contribution in [2.75, 3.05) is 20.1 Å². The second kappa shape index (κ2) is 4.55. The van der Waals surface area contributed by atoms with Gasteiger partial charge in [-0.15, -0.1) is 0 Å². The molecule has 0 radical (unpaired) electrons. The highest BCUT2D eigenvalue weighted by Crippen LogP contribution is 2.25. The molecule has 1 saturated carbocycles. The number of rotatable bonds is 4. The molecule has 0 aliphatic heterocycles. The van der Waals surface area contributed by atoms with Gasteiger partial charge in [0.2, 0.25) is 5.91 Å². The van der Waals surface area contributed by atoms with Crippen LogP contribution >= 0.6 is 0 Å². The second-order valence-electron chi connectivity index (χ2n) is 3.39. The summed E-state index contributed by atoms with van der Waals surface area (Å²) < 4.78 is 0. The van der Waals surface area contributed by atoms with Gasteiger partial charge < -0.3 is 22.1 Å². The van der Waals surface area contributed by atoms with Crippen LogP contribution in [0.25, 0.3) is 0 Å². The van der Waals surface area contributed by atoms with Gasteiger partial charge in [0.15, 0.2) is 0 Å². The van der Waals surface area contributed by atoms with Crippen molar-refractivity contribution < 1.29 is 4.79 Å². The van der Waals surface area contributed by atoms with Crippen molar-refractivity contribution in [2.24, 2.45) is 17.4 Å². The number of nitrogens with two attached hydrogens (primary N) is 2. The molecule has 0 aromatic heterocycles. The summed E-state index contributed by atoms with van der Waals surface area (Å²) in [7, 11) is 1.86. The van der Waals surface area contributed by atoms with E-state index in [9.17, 15) is 4.79 Å². The van der Waals surface area contributed by atoms with Crippen LogP contribution < -0.4 is 22.1 Å². The first-order valence-corrected chi connectivity index (χ1v) is 4.61. The van der Waals surface area contributed by atoms with E-state index < -0.39 is 0 Å². The standard InChI is InChI=1S/C8H18N4O/c1-11-6-4-5(7(6)10)8(13)12-3-2-9/h5-7,11H,2-4,9-10H2,1H3,(H,12,13). The summed E-state index contributed by atoms with van der Waals surface area (Å²) in [6.07, 6.45) is 0.827. The zero-order valence-electron chi connectivity index (χ0n) is 7.92. The van der Waals surface area contributed by atoms with Crippen LogP contribution in [0.4, 0.5) is 0 Å². The average molecular weight is 186 g/mol. The third-order valence-electron chi connectivity index (χ3n) is 2.59. The number of carbonyl (C=O) groups is 1. The molecule has 1 aliphatic rings. The summed E-state index contributed by atoms with van der Waals surface area (Å²) >= 11 is 0. The molecule has 1 fully saturated rings. The molecule has 0 aromatic carbocycles. The Bertz CT molecular complexity index is 185. The minimum atomic E-state index is -0.0530. The maximum Gasteiger partial charge on any atom is 0.224 e. The Morgan fingerprint density at radius 3 is 2.77 bits per heavy atom. The first-order valence-electron chi connectivity index (χ1n) is 4.61. The van der Waals surface area contributed by atoms with Gasteiger partial charge in [0.1, 0.15) is 0 Å². The van der Waals surface area contributed by atoms with Crippen molar-refractivity contribution in [1.82, 2.24) is 10.6 Å². The number of hydrogen-bond donors (Lipinski definition) is 4. The topological polar surface area (TPSA) is 93.2 Å². The molecule has 1 rings (SSSR count). The fraction of sp³-hybridized carbons (Fsp3) is 0.875. The van der Waals surface area contributed by atoms with Gasteiger partial charge in [0, 0.05) is 25.2 Å². The molecule has 1 aliphatic carbocycles. The fourth-order valence-corrected chi connectivity index (χ4v) is 1.59. The first kappa shape index (κ1) is 10.4. The normalized spacial score (nSPS) is 32.4. The zero-order valence-corrected chi connectivity index (χ0v) is 7.92. The Kier molecular flexibility index (Phi) is 3.65. The van der Waals surface area contributed by atoms with Crippen LogP contribution in [0.15, 0.2) is 0 Å². The van der Waals surface area contributed by atoms with Crippen LogP contribution in [0.5, 0.6) is 0 Å². The number of hydrogen-bond acceptors (Lipinski definition) is 4. The van der Waals surface area contributed by atoms with Crippen molar-refractivity contribution >= 4 is 5.91 Å². The van der Waals surface area contributed by atoms with Gasteiger partial charge in [-0.3, -0.25) is 4.79 Å². The van der Waals surface area contributed by atoms with Crippen LogP contribution in [-0.2, 0) is 4.79 Å². The van der Waals surface area contributed by atoms with Gasteiger partial charge in [0.25, 0.3) is 0 Å². The predicted molar refractivity (Wildman–Crippen MR) is 51.0 cm³/mol. The zero-order chi connectivity index (χ0) is 9.84. The summed E-state index contributed by atoms with van der Waals surface area (Å²) in [6, 6.07) is 0.233. The molecular formula is C8H18N4O. The monoisotopic (exact) mass is 186 g/mol. The molecule has 0 spiro atoms. The molecule has 5 heteroatoms. The Labute approximate surface area is 78.2 Å². The Balaban J connectivity index is 2.27. The maximum absolute atomic E-state index is 11.4. The lowest BCUT2D eigenvalue weighted by molar-refractivity contribution is -0.129. The highest BCUT2D eigenvalue weighted by atomic mass is 16.1. The lowest BCUT2D eigenvalue weighted by atomic mass is 9.75. The Hall–Kier alpha value is -0.650. The SMILES string of the molecule is CNC1CC(C(=O)NCCN)C1N. The lowest BCUT2D eigenvalue weighted by Crippen LogP contribution is -2.62. The molecule has 0 heterocycles. The van der Waals surface area contributed by atoms with Gasteiger partial charge in [-0.1, -0.05) is 0 Å². The van der Waals surface area contributed by atoms with E-state index in [0.717, 1.165) is 6.42 Å². The minimum Gasteiger partial charge on any atom is -0.355 e. The van der Waals surface area contributed by atoms with E-state index in [4.69, 9.17) is 11.5 Å². The number of carbonyl (C=O) groups excluding carboxylic acids is 1. The second-order valence-corrected chi connectivity index (χ2v) is 3.39. The van der Waals surface area contributed by atoms with Gasteiger partial charge in [0.05, 0.1) is 5.92 Å². The summed E-state index contributed by atoms with van der Waals surface area (Å²) in [4.78, 5) is 11.4. The van der Waals surface area contributed by atoms with E-state index in [0.29, 0.717) is 13.1 Å². The Morgan fingerprint density at radius 2 is 2.31 bits per heavy atom. The van der Waals surface area contributed by atoms with Crippen molar-refractivity contribution in [3.8, 4) is 0 Å². The van der Waals surface area contributed by atoms with Crippen molar-refractivity contribution in [1.29, 1.82) is 0 Å². The predicted octanol–water partition coefficient (Wildman–Crippen LogP) is -2.00. The molecule has 0 aromatic rings. The molecule has 13 heavy (non-hydrogen) atoms. The van der Waals surface area contributed by atoms with Crippen LogP contribution in [0.1, 0.15) is 6.42 Å². The highest BCUT2D eigenvalue weighted by molar-refractivity contribution is 5.80. The summed E-state index contributed by atoms with van der Waals surface area (Å²) in [5.74, 6) is -0.00606. The molecule has 5 nitrogen and oxygen atoms in total. The van der Waals surface area contributed by atoms with Gasteiger partial charge in [-0.05, 0) is 13.5 Å². The average Bonchev–Trinajstić information content (AvgIpc) is 2.13. The number of amides is 1. The molecule has 3 unspecified atom stereocenters. The number of likely N-dealkylation sites (N-methyl/N-ethyl adjacent to an activating group) is 1. The third kappa shape index (κ3) is 2.18. The van der Waals surface area contributed by atoms with Gasteiger partial charge in [-0.2, -0.15) is 0 Å². The molecule has 1 amide bonds. The molecule has 3 atom stereocenters. The quantitative estimate of drug-likeness (QED) is 0.408. The van der Waals surface area contributed by atoms with Crippen LogP contribution in [-0.4, -0.2) is 38.1 Å². The summed E-state index contributed by atoms with van der Waals surface area (Å²) in [5, 5.41) is 5.80. The van der Waals surface area contributed by atoms with E-state index in [1.807, 2.05) is 7.05 Å². The van der Waals surface area contributed by atoms with Crippen molar-refractivity contribution in [3.63, 3.8) is 0 Å². The van der Waals surface area contributed by atoms with E-state index in [-0.39, 0.29) is 23.9 Å². The summed E-state index contributed by atoms with van der Waals surface area (Å²) in [5.41, 5.74) is 11.1. The van der Waals surface area contributed by atoms with Crippen LogP contribution in [0.2, 0.25) is 0 Å². The largest absolute Gasteiger partial charge is 0.355 e. The molecule has 0 bridgehead atoms. The Morgan fingerprint density at radius 1 is 1.62 bits per heavy atom.